The zero-order valence-corrected chi connectivity index (χ0v) is 8.67. The first-order valence-electron chi connectivity index (χ1n) is 4.17. The number of hydrogen-bond donors (Lipinski definition) is 0. The highest BCUT2D eigenvalue weighted by atomic mass is 35.5. The highest BCUT2D eigenvalue weighted by Gasteiger charge is 2.06. The summed E-state index contributed by atoms with van der Waals surface area (Å²) in [5.41, 5.74) is 0.561. The highest BCUT2D eigenvalue weighted by molar-refractivity contribution is 6.29. The van der Waals surface area contributed by atoms with Crippen molar-refractivity contribution < 1.29 is 9.53 Å². The number of ether oxygens (including phenoxy) is 1. The topological polar surface area (TPSA) is 26.3 Å². The molecule has 1 rings (SSSR count). The molecule has 0 aromatic heterocycles. The van der Waals surface area contributed by atoms with Crippen LogP contribution < -0.4 is 4.74 Å². The third kappa shape index (κ3) is 2.89. The van der Waals surface area contributed by atoms with E-state index in [9.17, 15) is 4.79 Å². The molecule has 74 valence electrons. The van der Waals surface area contributed by atoms with Crippen LogP contribution in [0.15, 0.2) is 35.9 Å². The first-order chi connectivity index (χ1) is 6.61. The Morgan fingerprint density at radius 3 is 2.71 bits per heavy atom. The second-order valence-corrected chi connectivity index (χ2v) is 3.39. The summed E-state index contributed by atoms with van der Waals surface area (Å²) in [6.45, 7) is 5.21. The van der Waals surface area contributed by atoms with E-state index in [-0.39, 0.29) is 12.4 Å². The van der Waals surface area contributed by atoms with Crippen molar-refractivity contribution in [3.05, 3.63) is 41.4 Å². The van der Waals surface area contributed by atoms with Gasteiger partial charge in [-0.2, -0.15) is 0 Å². The van der Waals surface area contributed by atoms with Crippen LogP contribution in [0.1, 0.15) is 17.3 Å². The van der Waals surface area contributed by atoms with Gasteiger partial charge in [-0.05, 0) is 19.1 Å². The molecule has 0 N–H and O–H groups in total. The molecule has 2 nitrogen and oxygen atoms in total. The van der Waals surface area contributed by atoms with E-state index >= 15 is 0 Å². The molecule has 14 heavy (non-hydrogen) atoms. The Labute approximate surface area is 88.1 Å². The van der Waals surface area contributed by atoms with Crippen LogP contribution in [0.4, 0.5) is 0 Å². The summed E-state index contributed by atoms with van der Waals surface area (Å²) in [6, 6.07) is 7.04. The number of hydrogen-bond acceptors (Lipinski definition) is 2. The molecule has 3 heteroatoms. The van der Waals surface area contributed by atoms with Crippen molar-refractivity contribution in [1.29, 1.82) is 0 Å². The lowest BCUT2D eigenvalue weighted by molar-refractivity contribution is 0.101. The number of para-hydroxylation sites is 1. The normalized spacial score (nSPS) is 9.57. The Morgan fingerprint density at radius 1 is 1.50 bits per heavy atom. The van der Waals surface area contributed by atoms with Crippen molar-refractivity contribution in [3.63, 3.8) is 0 Å². The van der Waals surface area contributed by atoms with E-state index in [1.54, 1.807) is 24.3 Å². The van der Waals surface area contributed by atoms with Gasteiger partial charge in [-0.25, -0.2) is 0 Å². The van der Waals surface area contributed by atoms with Crippen molar-refractivity contribution in [1.82, 2.24) is 0 Å². The van der Waals surface area contributed by atoms with Gasteiger partial charge in [0.2, 0.25) is 0 Å². The number of carbonyl (C=O) groups is 1. The van der Waals surface area contributed by atoms with Crippen LogP contribution in [-0.4, -0.2) is 12.4 Å². The number of rotatable bonds is 4. The highest BCUT2D eigenvalue weighted by Crippen LogP contribution is 2.19. The van der Waals surface area contributed by atoms with E-state index in [0.717, 1.165) is 0 Å². The first kappa shape index (κ1) is 10.8. The molecule has 1 aromatic rings. The van der Waals surface area contributed by atoms with Crippen LogP contribution in [0, 0.1) is 0 Å². The molecular weight excluding hydrogens is 200 g/mol. The van der Waals surface area contributed by atoms with Gasteiger partial charge < -0.3 is 4.74 Å². The van der Waals surface area contributed by atoms with Crippen molar-refractivity contribution in [3.8, 4) is 5.75 Å². The van der Waals surface area contributed by atoms with Crippen LogP contribution in [0.3, 0.4) is 0 Å². The molecular formula is C11H11ClO2. The largest absolute Gasteiger partial charge is 0.487 e. The smallest absolute Gasteiger partial charge is 0.163 e. The van der Waals surface area contributed by atoms with E-state index < -0.39 is 0 Å². The number of ketones is 1. The second kappa shape index (κ2) is 4.82. The number of halogens is 1. The molecule has 0 spiro atoms. The third-order valence-corrected chi connectivity index (χ3v) is 1.76. The minimum Gasteiger partial charge on any atom is -0.487 e. The van der Waals surface area contributed by atoms with Gasteiger partial charge in [0.1, 0.15) is 12.4 Å². The average Bonchev–Trinajstić information content (AvgIpc) is 2.15. The van der Waals surface area contributed by atoms with Gasteiger partial charge in [-0.3, -0.25) is 4.79 Å². The molecule has 0 heterocycles. The molecule has 0 amide bonds. The zero-order valence-electron chi connectivity index (χ0n) is 7.92. The zero-order chi connectivity index (χ0) is 10.6. The van der Waals surface area contributed by atoms with Crippen molar-refractivity contribution >= 4 is 17.4 Å². The fourth-order valence-electron chi connectivity index (χ4n) is 1.04. The standard InChI is InChI=1S/C11H11ClO2/c1-8(12)7-14-11-6-4-3-5-10(11)9(2)13/h3-6H,1,7H2,2H3. The van der Waals surface area contributed by atoms with Gasteiger partial charge in [0.15, 0.2) is 5.78 Å². The average molecular weight is 211 g/mol. The van der Waals surface area contributed by atoms with Gasteiger partial charge in [0, 0.05) is 5.03 Å². The molecule has 0 aliphatic carbocycles. The van der Waals surface area contributed by atoms with Crippen LogP contribution in [0.5, 0.6) is 5.75 Å². The lowest BCUT2D eigenvalue weighted by Gasteiger charge is -2.07. The Morgan fingerprint density at radius 2 is 2.14 bits per heavy atom. The SMILES string of the molecule is C=C(Cl)COc1ccccc1C(C)=O. The molecule has 0 saturated heterocycles. The quantitative estimate of drug-likeness (QED) is 0.715. The summed E-state index contributed by atoms with van der Waals surface area (Å²) < 4.78 is 5.31. The Balaban J connectivity index is 2.84. The molecule has 0 unspecified atom stereocenters. The third-order valence-electron chi connectivity index (χ3n) is 1.65. The lowest BCUT2D eigenvalue weighted by atomic mass is 10.1. The lowest BCUT2D eigenvalue weighted by Crippen LogP contribution is -2.02. The summed E-state index contributed by atoms with van der Waals surface area (Å²) in [5.74, 6) is 0.516. The van der Waals surface area contributed by atoms with Gasteiger partial charge in [-0.1, -0.05) is 30.3 Å². The summed E-state index contributed by atoms with van der Waals surface area (Å²) in [7, 11) is 0. The Hall–Kier alpha value is -1.28. The van der Waals surface area contributed by atoms with Gasteiger partial charge >= 0.3 is 0 Å². The maximum atomic E-state index is 11.2. The van der Waals surface area contributed by atoms with Crippen molar-refractivity contribution in [2.75, 3.05) is 6.61 Å². The van der Waals surface area contributed by atoms with E-state index in [0.29, 0.717) is 16.3 Å². The van der Waals surface area contributed by atoms with Crippen LogP contribution in [-0.2, 0) is 0 Å². The van der Waals surface area contributed by atoms with Gasteiger partial charge in [-0.15, -0.1) is 0 Å². The minimum absolute atomic E-state index is 0.0271. The predicted octanol–water partition coefficient (Wildman–Crippen LogP) is 3.02. The van der Waals surface area contributed by atoms with E-state index in [1.165, 1.54) is 6.92 Å². The van der Waals surface area contributed by atoms with Crippen LogP contribution >= 0.6 is 11.6 Å². The molecule has 0 aliphatic rings. The van der Waals surface area contributed by atoms with Crippen LogP contribution in [0.25, 0.3) is 0 Å². The summed E-state index contributed by atoms with van der Waals surface area (Å²) in [5, 5.41) is 0.406. The van der Waals surface area contributed by atoms with Gasteiger partial charge in [0.25, 0.3) is 0 Å². The van der Waals surface area contributed by atoms with Crippen LogP contribution in [0.2, 0.25) is 0 Å². The van der Waals surface area contributed by atoms with Crippen molar-refractivity contribution in [2.45, 2.75) is 6.92 Å². The maximum absolute atomic E-state index is 11.2. The summed E-state index contributed by atoms with van der Waals surface area (Å²) in [6.07, 6.45) is 0. The maximum Gasteiger partial charge on any atom is 0.163 e. The summed E-state index contributed by atoms with van der Waals surface area (Å²) in [4.78, 5) is 11.2. The summed E-state index contributed by atoms with van der Waals surface area (Å²) >= 11 is 5.56. The molecule has 1 aromatic carbocycles. The molecule has 0 fully saturated rings. The fraction of sp³-hybridized carbons (Fsp3) is 0.182. The minimum atomic E-state index is -0.0271. The molecule has 0 aliphatic heterocycles. The molecule has 0 atom stereocenters. The predicted molar refractivity (Wildman–Crippen MR) is 56.9 cm³/mol. The van der Waals surface area contributed by atoms with E-state index in [1.807, 2.05) is 0 Å². The number of carbonyl (C=O) groups excluding carboxylic acids is 1. The molecule has 0 bridgehead atoms. The molecule has 0 saturated carbocycles. The second-order valence-electron chi connectivity index (χ2n) is 2.86. The monoisotopic (exact) mass is 210 g/mol. The Kier molecular flexibility index (Phi) is 3.72. The number of benzene rings is 1. The number of Topliss-reactive ketones (excluding diaryl/α,β-unsaturated/α-hetero) is 1. The van der Waals surface area contributed by atoms with Crippen molar-refractivity contribution in [2.24, 2.45) is 0 Å². The van der Waals surface area contributed by atoms with E-state index in [2.05, 4.69) is 6.58 Å². The molecule has 0 radical (unpaired) electrons. The first-order valence-corrected chi connectivity index (χ1v) is 4.55. The van der Waals surface area contributed by atoms with Gasteiger partial charge in [0.05, 0.1) is 5.56 Å². The van der Waals surface area contributed by atoms with E-state index in [4.69, 9.17) is 16.3 Å². The fourth-order valence-corrected chi connectivity index (χ4v) is 1.09. The Bertz CT molecular complexity index is 358.